The van der Waals surface area contributed by atoms with Gasteiger partial charge in [0.05, 0.1) is 35.7 Å². The van der Waals surface area contributed by atoms with E-state index < -0.39 is 12.0 Å². The highest BCUT2D eigenvalue weighted by Gasteiger charge is 2.19. The first kappa shape index (κ1) is 24.7. The Labute approximate surface area is 205 Å². The van der Waals surface area contributed by atoms with Crippen LogP contribution in [0.4, 0.5) is 14.6 Å². The fourth-order valence-electron chi connectivity index (χ4n) is 3.48. The quantitative estimate of drug-likeness (QED) is 0.253. The second-order valence-corrected chi connectivity index (χ2v) is 9.08. The van der Waals surface area contributed by atoms with Crippen LogP contribution in [0.25, 0.3) is 16.9 Å². The van der Waals surface area contributed by atoms with Crippen LogP contribution in [0.2, 0.25) is 5.02 Å². The zero-order chi connectivity index (χ0) is 25.2. The maximum atomic E-state index is 13.9. The summed E-state index contributed by atoms with van der Waals surface area (Å²) in [6, 6.07) is 11.3. The van der Waals surface area contributed by atoms with Crippen LogP contribution < -0.4 is 5.73 Å². The fraction of sp³-hybridized carbons (Fsp3) is 0.240. The van der Waals surface area contributed by atoms with E-state index in [0.717, 1.165) is 5.56 Å². The number of pyridine rings is 2. The summed E-state index contributed by atoms with van der Waals surface area (Å²) in [5.41, 5.74) is 7.73. The first-order valence-electron chi connectivity index (χ1n) is 10.8. The van der Waals surface area contributed by atoms with Crippen molar-refractivity contribution < 1.29 is 18.6 Å². The number of rotatable bonds is 8. The second-order valence-electron chi connectivity index (χ2n) is 8.65. The molecule has 4 aromatic rings. The number of amidine groups is 1. The Bertz CT molecular complexity index is 1360. The highest BCUT2D eigenvalue weighted by molar-refractivity contribution is 6.30. The fourth-order valence-corrected chi connectivity index (χ4v) is 3.59. The molecule has 0 fully saturated rings. The van der Waals surface area contributed by atoms with Crippen molar-refractivity contribution in [2.75, 3.05) is 6.61 Å². The van der Waals surface area contributed by atoms with Crippen LogP contribution >= 0.6 is 11.6 Å². The van der Waals surface area contributed by atoms with Gasteiger partial charge in [-0.3, -0.25) is 4.40 Å². The van der Waals surface area contributed by atoms with Crippen LogP contribution in [0.1, 0.15) is 37.0 Å². The molecule has 1 aromatic carbocycles. The molecule has 35 heavy (non-hydrogen) atoms. The van der Waals surface area contributed by atoms with Gasteiger partial charge in [-0.2, -0.15) is 0 Å². The Morgan fingerprint density at radius 2 is 1.97 bits per heavy atom. The number of halogens is 3. The minimum atomic E-state index is -2.70. The molecule has 0 spiro atoms. The maximum Gasteiger partial charge on any atom is 0.264 e. The van der Waals surface area contributed by atoms with Crippen molar-refractivity contribution in [1.29, 1.82) is 0 Å². The molecule has 0 aliphatic rings. The molecule has 7 nitrogen and oxygen atoms in total. The minimum absolute atomic E-state index is 0.127. The van der Waals surface area contributed by atoms with Crippen molar-refractivity contribution in [2.24, 2.45) is 10.7 Å². The SMILES string of the molecule is CC(C)(O)COCc1ccn2c(-c3cc(C(N)=Nc4ccc(Cl)cn4)ccc3C(F)F)cnc2c1. The van der Waals surface area contributed by atoms with E-state index in [0.29, 0.717) is 33.3 Å². The van der Waals surface area contributed by atoms with Crippen molar-refractivity contribution in [2.45, 2.75) is 32.5 Å². The topological polar surface area (TPSA) is 98.0 Å². The van der Waals surface area contributed by atoms with Crippen molar-refractivity contribution in [3.8, 4) is 11.3 Å². The number of imidazole rings is 1. The summed E-state index contributed by atoms with van der Waals surface area (Å²) in [4.78, 5) is 12.8. The minimum Gasteiger partial charge on any atom is -0.388 e. The Hall–Kier alpha value is -3.40. The molecular formula is C25H24ClF2N5O2. The predicted octanol–water partition coefficient (Wildman–Crippen LogP) is 5.31. The van der Waals surface area contributed by atoms with Crippen molar-refractivity contribution in [1.82, 2.24) is 14.4 Å². The van der Waals surface area contributed by atoms with Gasteiger partial charge in [-0.15, -0.1) is 0 Å². The summed E-state index contributed by atoms with van der Waals surface area (Å²) in [6.45, 7) is 3.79. The molecule has 0 amide bonds. The molecular weight excluding hydrogens is 476 g/mol. The lowest BCUT2D eigenvalue weighted by Gasteiger charge is -2.17. The summed E-state index contributed by atoms with van der Waals surface area (Å²) in [6.07, 6.45) is 2.03. The molecule has 0 saturated carbocycles. The van der Waals surface area contributed by atoms with E-state index in [1.807, 2.05) is 12.1 Å². The third-order valence-corrected chi connectivity index (χ3v) is 5.33. The molecule has 0 radical (unpaired) electrons. The number of hydrogen-bond donors (Lipinski definition) is 2. The number of aliphatic hydroxyl groups is 1. The van der Waals surface area contributed by atoms with Gasteiger partial charge >= 0.3 is 0 Å². The largest absolute Gasteiger partial charge is 0.388 e. The first-order chi connectivity index (χ1) is 16.6. The van der Waals surface area contributed by atoms with Gasteiger partial charge in [-0.05, 0) is 49.7 Å². The summed E-state index contributed by atoms with van der Waals surface area (Å²) in [7, 11) is 0. The number of aromatic nitrogens is 3. The Morgan fingerprint density at radius 3 is 2.66 bits per heavy atom. The third kappa shape index (κ3) is 6.00. The zero-order valence-corrected chi connectivity index (χ0v) is 19.9. The third-order valence-electron chi connectivity index (χ3n) is 5.11. The molecule has 4 rings (SSSR count). The molecule has 182 valence electrons. The lowest BCUT2D eigenvalue weighted by molar-refractivity contribution is -0.0268. The van der Waals surface area contributed by atoms with Gasteiger partial charge in [0.2, 0.25) is 0 Å². The maximum absolute atomic E-state index is 13.9. The lowest BCUT2D eigenvalue weighted by Crippen LogP contribution is -2.25. The molecule has 0 bridgehead atoms. The zero-order valence-electron chi connectivity index (χ0n) is 19.1. The van der Waals surface area contributed by atoms with E-state index in [1.165, 1.54) is 24.5 Å². The Morgan fingerprint density at radius 1 is 1.17 bits per heavy atom. The van der Waals surface area contributed by atoms with Gasteiger partial charge in [0.15, 0.2) is 5.82 Å². The van der Waals surface area contributed by atoms with E-state index in [2.05, 4.69) is 15.0 Å². The van der Waals surface area contributed by atoms with E-state index in [4.69, 9.17) is 22.1 Å². The van der Waals surface area contributed by atoms with Gasteiger partial charge in [0, 0.05) is 29.1 Å². The average Bonchev–Trinajstić information content (AvgIpc) is 3.22. The van der Waals surface area contributed by atoms with Crippen LogP contribution in [0, 0.1) is 0 Å². The van der Waals surface area contributed by atoms with E-state index in [-0.39, 0.29) is 24.6 Å². The highest BCUT2D eigenvalue weighted by atomic mass is 35.5. The lowest BCUT2D eigenvalue weighted by atomic mass is 10.0. The van der Waals surface area contributed by atoms with Crippen molar-refractivity contribution in [3.63, 3.8) is 0 Å². The van der Waals surface area contributed by atoms with Gasteiger partial charge in [0.1, 0.15) is 11.5 Å². The van der Waals surface area contributed by atoms with E-state index in [9.17, 15) is 13.9 Å². The van der Waals surface area contributed by atoms with Crippen LogP contribution in [-0.2, 0) is 11.3 Å². The first-order valence-corrected chi connectivity index (χ1v) is 11.1. The number of nitrogens with two attached hydrogens (primary N) is 1. The van der Waals surface area contributed by atoms with Gasteiger partial charge in [-0.25, -0.2) is 23.7 Å². The molecule has 3 N–H and O–H groups in total. The number of fused-ring (bicyclic) bond motifs is 1. The van der Waals surface area contributed by atoms with E-state index >= 15 is 0 Å². The summed E-state index contributed by atoms with van der Waals surface area (Å²) < 4.78 is 35.0. The number of benzene rings is 1. The predicted molar refractivity (Wildman–Crippen MR) is 131 cm³/mol. The smallest absolute Gasteiger partial charge is 0.264 e. The van der Waals surface area contributed by atoms with Gasteiger partial charge in [-0.1, -0.05) is 23.7 Å². The molecule has 0 saturated heterocycles. The second kappa shape index (κ2) is 10.1. The summed E-state index contributed by atoms with van der Waals surface area (Å²) >= 11 is 5.85. The number of aliphatic imine (C=N–C) groups is 1. The van der Waals surface area contributed by atoms with Crippen LogP contribution in [0.5, 0.6) is 0 Å². The van der Waals surface area contributed by atoms with Gasteiger partial charge in [0.25, 0.3) is 6.43 Å². The molecule has 3 heterocycles. The monoisotopic (exact) mass is 499 g/mol. The molecule has 0 unspecified atom stereocenters. The number of ether oxygens (including phenoxy) is 1. The molecule has 0 aliphatic carbocycles. The standard InChI is InChI=1S/C25H24ClF2N5O2/c1-25(2,34)14-35-13-15-7-8-33-20(12-31-22(33)9-15)19-10-16(3-5-18(19)23(27)28)24(29)32-21-6-4-17(26)11-30-21/h3-12,23,34H,13-14H2,1-2H3,(H2,29,30,32). The van der Waals surface area contributed by atoms with Crippen molar-refractivity contribution >= 4 is 28.9 Å². The normalized spacial score (nSPS) is 12.6. The number of alkyl halides is 2. The number of nitrogens with zero attached hydrogens (tertiary/aromatic N) is 4. The van der Waals surface area contributed by atoms with Crippen LogP contribution in [-0.4, -0.2) is 37.5 Å². The highest BCUT2D eigenvalue weighted by Crippen LogP contribution is 2.33. The Kier molecular flexibility index (Phi) is 7.11. The number of hydrogen-bond acceptors (Lipinski definition) is 5. The van der Waals surface area contributed by atoms with Gasteiger partial charge < -0.3 is 15.6 Å². The average molecular weight is 500 g/mol. The van der Waals surface area contributed by atoms with Crippen molar-refractivity contribution in [3.05, 3.63) is 82.8 Å². The van der Waals surface area contributed by atoms with E-state index in [1.54, 1.807) is 42.6 Å². The Balaban J connectivity index is 1.68. The molecule has 3 aromatic heterocycles. The molecule has 10 heteroatoms. The van der Waals surface area contributed by atoms with Crippen LogP contribution in [0.15, 0.2) is 66.0 Å². The summed E-state index contributed by atoms with van der Waals surface area (Å²) in [5, 5.41) is 10.3. The van der Waals surface area contributed by atoms with Crippen LogP contribution in [0.3, 0.4) is 0 Å². The molecule has 0 atom stereocenters. The molecule has 0 aliphatic heterocycles. The summed E-state index contributed by atoms with van der Waals surface area (Å²) in [5.74, 6) is 0.475.